The fraction of sp³-hybridized carbons (Fsp3) is 0.318. The maximum Gasteiger partial charge on any atom is 0.325 e. The van der Waals surface area contributed by atoms with Crippen LogP contribution < -0.4 is 20.1 Å². The highest BCUT2D eigenvalue weighted by Gasteiger charge is 2.49. The summed E-state index contributed by atoms with van der Waals surface area (Å²) in [5.74, 6) is 0.457. The van der Waals surface area contributed by atoms with Gasteiger partial charge >= 0.3 is 6.03 Å². The number of halogens is 1. The second-order valence-electron chi connectivity index (χ2n) is 7.61. The van der Waals surface area contributed by atoms with Crippen LogP contribution in [0.3, 0.4) is 0 Å². The number of carbonyl (C=O) groups is 3. The quantitative estimate of drug-likeness (QED) is 0.632. The molecule has 0 aromatic heterocycles. The Morgan fingerprint density at radius 3 is 2.74 bits per heavy atom. The summed E-state index contributed by atoms with van der Waals surface area (Å²) in [5, 5.41) is 5.63. The molecule has 9 heteroatoms. The van der Waals surface area contributed by atoms with Crippen LogP contribution in [0.5, 0.6) is 11.5 Å². The summed E-state index contributed by atoms with van der Waals surface area (Å²) >= 11 is 3.43. The molecule has 2 aromatic rings. The number of benzene rings is 2. The number of nitrogens with one attached hydrogen (secondary N) is 2. The van der Waals surface area contributed by atoms with Crippen molar-refractivity contribution >= 4 is 33.8 Å². The molecule has 1 saturated heterocycles. The predicted octanol–water partition coefficient (Wildman–Crippen LogP) is 2.86. The topological polar surface area (TPSA) is 97.0 Å². The number of carbonyl (C=O) groups excluding carboxylic acids is 3. The van der Waals surface area contributed by atoms with E-state index in [-0.39, 0.29) is 12.6 Å². The van der Waals surface area contributed by atoms with Gasteiger partial charge in [-0.25, -0.2) is 4.79 Å². The van der Waals surface area contributed by atoms with Crippen molar-refractivity contribution in [1.82, 2.24) is 15.5 Å². The Morgan fingerprint density at radius 1 is 1.29 bits per heavy atom. The van der Waals surface area contributed by atoms with Gasteiger partial charge in [-0.1, -0.05) is 28.1 Å². The zero-order valence-electron chi connectivity index (χ0n) is 17.1. The maximum atomic E-state index is 13.1. The number of ether oxygens (including phenoxy) is 2. The van der Waals surface area contributed by atoms with E-state index in [0.717, 1.165) is 14.9 Å². The van der Waals surface area contributed by atoms with E-state index in [9.17, 15) is 14.4 Å². The minimum absolute atomic E-state index is 0.262. The van der Waals surface area contributed by atoms with Gasteiger partial charge in [0.25, 0.3) is 5.91 Å². The summed E-state index contributed by atoms with van der Waals surface area (Å²) in [6, 6.07) is 11.6. The van der Waals surface area contributed by atoms with Gasteiger partial charge in [-0.15, -0.1) is 0 Å². The Hall–Kier alpha value is -3.07. The molecular formula is C22H22BrN3O5. The lowest BCUT2D eigenvalue weighted by molar-refractivity contribution is -0.135. The molecule has 0 radical (unpaired) electrons. The molecule has 2 aliphatic rings. The minimum atomic E-state index is -1.25. The van der Waals surface area contributed by atoms with Gasteiger partial charge in [-0.3, -0.25) is 14.5 Å². The van der Waals surface area contributed by atoms with Crippen LogP contribution in [0.2, 0.25) is 0 Å². The SMILES string of the molecule is COc1ccc(C2(C)NC(=O)N(CC(=O)NC3CCOc4ccc(Br)cc43)C2=O)cc1. The highest BCUT2D eigenvalue weighted by molar-refractivity contribution is 9.10. The van der Waals surface area contributed by atoms with Crippen molar-refractivity contribution in [1.29, 1.82) is 0 Å². The van der Waals surface area contributed by atoms with Crippen LogP contribution in [-0.2, 0) is 15.1 Å². The zero-order valence-corrected chi connectivity index (χ0v) is 18.7. The van der Waals surface area contributed by atoms with E-state index in [1.807, 2.05) is 18.2 Å². The van der Waals surface area contributed by atoms with E-state index in [4.69, 9.17) is 9.47 Å². The van der Waals surface area contributed by atoms with Crippen molar-refractivity contribution in [2.75, 3.05) is 20.3 Å². The van der Waals surface area contributed by atoms with Gasteiger partial charge in [0, 0.05) is 16.5 Å². The van der Waals surface area contributed by atoms with Gasteiger partial charge in [0.05, 0.1) is 19.8 Å². The van der Waals surface area contributed by atoms with Crippen LogP contribution in [-0.4, -0.2) is 43.0 Å². The van der Waals surface area contributed by atoms with E-state index in [1.54, 1.807) is 38.3 Å². The summed E-state index contributed by atoms with van der Waals surface area (Å²) < 4.78 is 11.7. The molecule has 2 atom stereocenters. The molecule has 2 aromatic carbocycles. The molecule has 4 amide bonds. The van der Waals surface area contributed by atoms with E-state index in [0.29, 0.717) is 30.1 Å². The van der Waals surface area contributed by atoms with Crippen LogP contribution in [0.1, 0.15) is 30.5 Å². The van der Waals surface area contributed by atoms with Crippen molar-refractivity contribution in [3.8, 4) is 11.5 Å². The smallest absolute Gasteiger partial charge is 0.325 e. The van der Waals surface area contributed by atoms with E-state index < -0.39 is 23.4 Å². The Kier molecular flexibility index (Phi) is 5.62. The number of hydrogen-bond acceptors (Lipinski definition) is 5. The number of hydrogen-bond donors (Lipinski definition) is 2. The van der Waals surface area contributed by atoms with Crippen LogP contribution in [0.15, 0.2) is 46.9 Å². The molecule has 2 N–H and O–H groups in total. The molecule has 0 spiro atoms. The molecule has 0 bridgehead atoms. The fourth-order valence-electron chi connectivity index (χ4n) is 3.86. The molecule has 8 nitrogen and oxygen atoms in total. The fourth-order valence-corrected chi connectivity index (χ4v) is 4.24. The molecule has 1 fully saturated rings. The lowest BCUT2D eigenvalue weighted by Crippen LogP contribution is -2.44. The van der Waals surface area contributed by atoms with Crippen LogP contribution >= 0.6 is 15.9 Å². The van der Waals surface area contributed by atoms with Gasteiger partial charge in [0.1, 0.15) is 23.6 Å². The van der Waals surface area contributed by atoms with Gasteiger partial charge in [-0.05, 0) is 42.8 Å². The average molecular weight is 488 g/mol. The van der Waals surface area contributed by atoms with Crippen molar-refractivity contribution in [3.05, 3.63) is 58.1 Å². The number of methoxy groups -OCH3 is 1. The molecule has 2 heterocycles. The van der Waals surface area contributed by atoms with Gasteiger partial charge in [0.2, 0.25) is 5.91 Å². The van der Waals surface area contributed by atoms with E-state index in [1.165, 1.54) is 0 Å². The van der Waals surface area contributed by atoms with E-state index in [2.05, 4.69) is 26.6 Å². The maximum absolute atomic E-state index is 13.1. The molecular weight excluding hydrogens is 466 g/mol. The summed E-state index contributed by atoms with van der Waals surface area (Å²) in [7, 11) is 1.55. The van der Waals surface area contributed by atoms with Gasteiger partial charge in [0.15, 0.2) is 0 Å². The van der Waals surface area contributed by atoms with Gasteiger partial charge in [-0.2, -0.15) is 0 Å². The molecule has 2 aliphatic heterocycles. The first-order valence-corrected chi connectivity index (χ1v) is 10.6. The van der Waals surface area contributed by atoms with Crippen molar-refractivity contribution in [2.24, 2.45) is 0 Å². The molecule has 2 unspecified atom stereocenters. The molecule has 0 saturated carbocycles. The van der Waals surface area contributed by atoms with Crippen molar-refractivity contribution < 1.29 is 23.9 Å². The Labute approximate surface area is 188 Å². The third-order valence-electron chi connectivity index (χ3n) is 5.59. The third-order valence-corrected chi connectivity index (χ3v) is 6.08. The first-order chi connectivity index (χ1) is 14.8. The highest BCUT2D eigenvalue weighted by Crippen LogP contribution is 2.34. The van der Waals surface area contributed by atoms with Crippen molar-refractivity contribution in [3.63, 3.8) is 0 Å². The number of fused-ring (bicyclic) bond motifs is 1. The predicted molar refractivity (Wildman–Crippen MR) is 116 cm³/mol. The zero-order chi connectivity index (χ0) is 22.2. The normalized spacial score (nSPS) is 22.4. The van der Waals surface area contributed by atoms with E-state index >= 15 is 0 Å². The number of imide groups is 1. The summed E-state index contributed by atoms with van der Waals surface area (Å²) in [4.78, 5) is 39.3. The molecule has 0 aliphatic carbocycles. The first kappa shape index (κ1) is 21.2. The summed E-state index contributed by atoms with van der Waals surface area (Å²) in [6.07, 6.45) is 0.596. The molecule has 31 heavy (non-hydrogen) atoms. The third kappa shape index (κ3) is 3.97. The number of amides is 4. The molecule has 162 valence electrons. The van der Waals surface area contributed by atoms with Crippen LogP contribution in [0, 0.1) is 0 Å². The second-order valence-corrected chi connectivity index (χ2v) is 8.53. The Balaban J connectivity index is 1.47. The number of nitrogens with zero attached hydrogens (tertiary/aromatic N) is 1. The Morgan fingerprint density at radius 2 is 2.03 bits per heavy atom. The Bertz CT molecular complexity index is 1040. The lowest BCUT2D eigenvalue weighted by Gasteiger charge is -2.27. The lowest BCUT2D eigenvalue weighted by atomic mass is 9.92. The second kappa shape index (κ2) is 8.22. The average Bonchev–Trinajstić information content (AvgIpc) is 2.98. The first-order valence-electron chi connectivity index (χ1n) is 9.82. The standard InChI is InChI=1S/C22H22BrN3O5/c1-22(13-3-6-15(30-2)7-4-13)20(28)26(21(29)25-22)12-19(27)24-17-9-10-31-18-8-5-14(23)11-16(17)18/h3-8,11,17H,9-10,12H2,1-2H3,(H,24,27)(H,25,29). The largest absolute Gasteiger partial charge is 0.497 e. The summed E-state index contributed by atoms with van der Waals surface area (Å²) in [6.45, 7) is 1.73. The van der Waals surface area contributed by atoms with Crippen LogP contribution in [0.25, 0.3) is 0 Å². The van der Waals surface area contributed by atoms with Crippen molar-refractivity contribution in [2.45, 2.75) is 24.9 Å². The summed E-state index contributed by atoms with van der Waals surface area (Å²) in [5.41, 5.74) is 0.215. The monoisotopic (exact) mass is 487 g/mol. The van der Waals surface area contributed by atoms with Crippen LogP contribution in [0.4, 0.5) is 4.79 Å². The number of urea groups is 1. The highest BCUT2D eigenvalue weighted by atomic mass is 79.9. The molecule has 4 rings (SSSR count). The number of rotatable bonds is 5. The van der Waals surface area contributed by atoms with Gasteiger partial charge < -0.3 is 20.1 Å². The minimum Gasteiger partial charge on any atom is -0.497 e.